The normalized spacial score (nSPS) is 22.2. The van der Waals surface area contributed by atoms with Crippen LogP contribution in [0.3, 0.4) is 0 Å². The van der Waals surface area contributed by atoms with Crippen LogP contribution in [-0.2, 0) is 0 Å². The van der Waals surface area contributed by atoms with E-state index in [9.17, 15) is 9.90 Å². The molecule has 1 aromatic rings. The van der Waals surface area contributed by atoms with Gasteiger partial charge < -0.3 is 10.0 Å². The van der Waals surface area contributed by atoms with Gasteiger partial charge in [-0.15, -0.1) is 10.2 Å². The first-order chi connectivity index (χ1) is 6.27. The Morgan fingerprint density at radius 2 is 2.54 bits per heavy atom. The predicted octanol–water partition coefficient (Wildman–Crippen LogP) is -1.59. The Balaban J connectivity index is 2.06. The van der Waals surface area contributed by atoms with Crippen molar-refractivity contribution in [1.29, 1.82) is 0 Å². The Kier molecular flexibility index (Phi) is 1.93. The minimum atomic E-state index is -0.421. The molecule has 1 fully saturated rings. The van der Waals surface area contributed by atoms with Crippen molar-refractivity contribution in [2.45, 2.75) is 12.5 Å². The maximum absolute atomic E-state index is 11.5. The molecule has 0 aromatic carbocycles. The molecule has 1 saturated heterocycles. The van der Waals surface area contributed by atoms with Gasteiger partial charge in [-0.2, -0.15) is 5.21 Å². The lowest BCUT2D eigenvalue weighted by molar-refractivity contribution is 0.0753. The van der Waals surface area contributed by atoms with Crippen molar-refractivity contribution < 1.29 is 9.90 Å². The lowest BCUT2D eigenvalue weighted by Crippen LogP contribution is -2.30. The number of H-pyrrole nitrogens is 1. The lowest BCUT2D eigenvalue weighted by Gasteiger charge is -2.11. The van der Waals surface area contributed by atoms with Gasteiger partial charge in [-0.05, 0) is 11.6 Å². The molecule has 1 aliphatic rings. The molecule has 0 bridgehead atoms. The molecule has 1 amide bonds. The summed E-state index contributed by atoms with van der Waals surface area (Å²) < 4.78 is 0. The van der Waals surface area contributed by atoms with Gasteiger partial charge in [0, 0.05) is 13.1 Å². The summed E-state index contributed by atoms with van der Waals surface area (Å²) in [5.41, 5.74) is 0. The molecule has 0 saturated carbocycles. The Bertz CT molecular complexity index is 298. The third-order valence-electron chi connectivity index (χ3n) is 1.99. The number of aromatic amines is 1. The van der Waals surface area contributed by atoms with Gasteiger partial charge in [-0.3, -0.25) is 4.79 Å². The molecule has 2 N–H and O–H groups in total. The van der Waals surface area contributed by atoms with Crippen LogP contribution in [0, 0.1) is 0 Å². The van der Waals surface area contributed by atoms with Crippen molar-refractivity contribution in [3.63, 3.8) is 0 Å². The fourth-order valence-corrected chi connectivity index (χ4v) is 1.32. The van der Waals surface area contributed by atoms with Crippen molar-refractivity contribution in [1.82, 2.24) is 25.5 Å². The van der Waals surface area contributed by atoms with Crippen molar-refractivity contribution >= 4 is 5.91 Å². The fraction of sp³-hybridized carbons (Fsp3) is 0.667. The van der Waals surface area contributed by atoms with E-state index in [0.717, 1.165) is 0 Å². The number of hydrogen-bond donors (Lipinski definition) is 2. The van der Waals surface area contributed by atoms with E-state index in [4.69, 9.17) is 0 Å². The van der Waals surface area contributed by atoms with Crippen molar-refractivity contribution in [3.05, 3.63) is 5.82 Å². The number of nitrogens with one attached hydrogen (secondary N) is 1. The monoisotopic (exact) mass is 183 g/mol. The first kappa shape index (κ1) is 8.11. The van der Waals surface area contributed by atoms with Crippen LogP contribution in [0.15, 0.2) is 0 Å². The number of aliphatic hydroxyl groups is 1. The highest BCUT2D eigenvalue weighted by atomic mass is 16.3. The van der Waals surface area contributed by atoms with E-state index in [1.54, 1.807) is 0 Å². The van der Waals surface area contributed by atoms with Crippen LogP contribution in [0.4, 0.5) is 0 Å². The van der Waals surface area contributed by atoms with Gasteiger partial charge in [0.05, 0.1) is 6.10 Å². The van der Waals surface area contributed by atoms with E-state index in [1.807, 2.05) is 0 Å². The molecular weight excluding hydrogens is 174 g/mol. The summed E-state index contributed by atoms with van der Waals surface area (Å²) >= 11 is 0. The zero-order valence-corrected chi connectivity index (χ0v) is 6.84. The Morgan fingerprint density at radius 3 is 3.08 bits per heavy atom. The standard InChI is InChI=1S/C6H9N5O2/c12-4-1-2-11(3-4)6(13)5-7-9-10-8-5/h4,12H,1-3H2,(H,7,8,9,10)/t4-/m1/s1. The maximum Gasteiger partial charge on any atom is 0.295 e. The average Bonchev–Trinajstić information content (AvgIpc) is 2.72. The topological polar surface area (TPSA) is 95.0 Å². The third kappa shape index (κ3) is 1.50. The highest BCUT2D eigenvalue weighted by molar-refractivity contribution is 5.90. The molecule has 13 heavy (non-hydrogen) atoms. The van der Waals surface area contributed by atoms with Crippen molar-refractivity contribution in [2.75, 3.05) is 13.1 Å². The molecule has 0 radical (unpaired) electrons. The molecule has 7 nitrogen and oxygen atoms in total. The molecule has 0 unspecified atom stereocenters. The second-order valence-corrected chi connectivity index (χ2v) is 2.93. The minimum absolute atomic E-state index is 0.0501. The van der Waals surface area contributed by atoms with Gasteiger partial charge in [-0.25, -0.2) is 0 Å². The summed E-state index contributed by atoms with van der Waals surface area (Å²) in [6.07, 6.45) is 0.194. The summed E-state index contributed by atoms with van der Waals surface area (Å²) in [5, 5.41) is 21.8. The molecule has 7 heteroatoms. The van der Waals surface area contributed by atoms with Crippen LogP contribution >= 0.6 is 0 Å². The summed E-state index contributed by atoms with van der Waals surface area (Å²) in [6, 6.07) is 0. The molecule has 0 aliphatic carbocycles. The smallest absolute Gasteiger partial charge is 0.295 e. The summed E-state index contributed by atoms with van der Waals surface area (Å²) in [6.45, 7) is 0.905. The zero-order valence-electron chi connectivity index (χ0n) is 6.84. The van der Waals surface area contributed by atoms with Gasteiger partial charge in [0.1, 0.15) is 0 Å². The van der Waals surface area contributed by atoms with Gasteiger partial charge in [0.2, 0.25) is 0 Å². The summed E-state index contributed by atoms with van der Waals surface area (Å²) in [5.74, 6) is -0.237. The average molecular weight is 183 g/mol. The number of carbonyl (C=O) groups excluding carboxylic acids is 1. The van der Waals surface area contributed by atoms with Crippen LogP contribution in [0.25, 0.3) is 0 Å². The van der Waals surface area contributed by atoms with E-state index in [-0.39, 0.29) is 11.7 Å². The number of aliphatic hydroxyl groups excluding tert-OH is 1. The Morgan fingerprint density at radius 1 is 1.69 bits per heavy atom. The van der Waals surface area contributed by atoms with Gasteiger partial charge in [-0.1, -0.05) is 0 Å². The Labute approximate surface area is 73.7 Å². The van der Waals surface area contributed by atoms with Crippen LogP contribution in [0.1, 0.15) is 17.0 Å². The Hall–Kier alpha value is -1.50. The molecular formula is C6H9N5O2. The minimum Gasteiger partial charge on any atom is -0.391 e. The van der Waals surface area contributed by atoms with E-state index in [1.165, 1.54) is 4.90 Å². The quantitative estimate of drug-likeness (QED) is 0.547. The SMILES string of the molecule is O=C(c1nn[nH]n1)N1CC[C@@H](O)C1. The van der Waals surface area contributed by atoms with Gasteiger partial charge in [0.25, 0.3) is 11.7 Å². The molecule has 1 atom stereocenters. The number of likely N-dealkylation sites (tertiary alicyclic amines) is 1. The van der Waals surface area contributed by atoms with Crippen LogP contribution < -0.4 is 0 Å². The molecule has 2 heterocycles. The highest BCUT2D eigenvalue weighted by Gasteiger charge is 2.27. The maximum atomic E-state index is 11.5. The fourth-order valence-electron chi connectivity index (χ4n) is 1.32. The first-order valence-electron chi connectivity index (χ1n) is 3.98. The van der Waals surface area contributed by atoms with E-state index < -0.39 is 6.10 Å². The van der Waals surface area contributed by atoms with Gasteiger partial charge in [0.15, 0.2) is 0 Å². The number of aromatic nitrogens is 4. The van der Waals surface area contributed by atoms with Crippen LogP contribution in [-0.4, -0.2) is 55.7 Å². The lowest BCUT2D eigenvalue weighted by atomic mass is 10.3. The third-order valence-corrected chi connectivity index (χ3v) is 1.99. The van der Waals surface area contributed by atoms with Gasteiger partial charge >= 0.3 is 0 Å². The molecule has 70 valence electrons. The largest absolute Gasteiger partial charge is 0.391 e. The number of β-amino-alcohol motifs (C(OH)–C–C–N with tert-alkyl or cyclic N) is 1. The second-order valence-electron chi connectivity index (χ2n) is 2.93. The molecule has 2 rings (SSSR count). The van der Waals surface area contributed by atoms with Crippen molar-refractivity contribution in [2.24, 2.45) is 0 Å². The van der Waals surface area contributed by atoms with Crippen molar-refractivity contribution in [3.8, 4) is 0 Å². The number of carbonyl (C=O) groups is 1. The highest BCUT2D eigenvalue weighted by Crippen LogP contribution is 2.10. The zero-order chi connectivity index (χ0) is 9.26. The van der Waals surface area contributed by atoms with Crippen LogP contribution in [0.5, 0.6) is 0 Å². The van der Waals surface area contributed by atoms with E-state index in [0.29, 0.717) is 19.5 Å². The summed E-state index contributed by atoms with van der Waals surface area (Å²) in [7, 11) is 0. The number of amides is 1. The predicted molar refractivity (Wildman–Crippen MR) is 40.7 cm³/mol. The number of hydrogen-bond acceptors (Lipinski definition) is 5. The number of rotatable bonds is 1. The number of nitrogens with zero attached hydrogens (tertiary/aromatic N) is 4. The van der Waals surface area contributed by atoms with E-state index >= 15 is 0 Å². The second kappa shape index (κ2) is 3.09. The van der Waals surface area contributed by atoms with Crippen LogP contribution in [0.2, 0.25) is 0 Å². The first-order valence-corrected chi connectivity index (χ1v) is 3.98. The van der Waals surface area contributed by atoms with E-state index in [2.05, 4.69) is 20.6 Å². The molecule has 0 spiro atoms. The number of tetrazole rings is 1. The summed E-state index contributed by atoms with van der Waals surface area (Å²) in [4.78, 5) is 13.0. The molecule has 1 aliphatic heterocycles. The molecule has 1 aromatic heterocycles.